The molecule has 0 aliphatic rings. The maximum atomic E-state index is 12.9. The molecule has 0 spiro atoms. The van der Waals surface area contributed by atoms with Gasteiger partial charge in [-0.3, -0.25) is 4.79 Å². The Labute approximate surface area is 154 Å². The van der Waals surface area contributed by atoms with Gasteiger partial charge in [0.25, 0.3) is 0 Å². The second kappa shape index (κ2) is 8.18. The predicted molar refractivity (Wildman–Crippen MR) is 98.5 cm³/mol. The van der Waals surface area contributed by atoms with Gasteiger partial charge in [0.05, 0.1) is 12.3 Å². The molecule has 7 heteroatoms. The van der Waals surface area contributed by atoms with Crippen LogP contribution in [0, 0.1) is 5.82 Å². The lowest BCUT2D eigenvalue weighted by molar-refractivity contribution is -0.113. The van der Waals surface area contributed by atoms with Gasteiger partial charge in [0.15, 0.2) is 5.16 Å². The molecule has 0 radical (unpaired) electrons. The van der Waals surface area contributed by atoms with Gasteiger partial charge in [-0.05, 0) is 35.9 Å². The van der Waals surface area contributed by atoms with Gasteiger partial charge in [-0.2, -0.15) is 0 Å². The van der Waals surface area contributed by atoms with Gasteiger partial charge in [-0.25, -0.2) is 9.37 Å². The third kappa shape index (κ3) is 4.84. The summed E-state index contributed by atoms with van der Waals surface area (Å²) < 4.78 is 14.8. The van der Waals surface area contributed by atoms with E-state index in [-0.39, 0.29) is 17.5 Å². The summed E-state index contributed by atoms with van der Waals surface area (Å²) in [7, 11) is 0. The molecule has 2 aromatic carbocycles. The Balaban J connectivity index is 1.59. The third-order valence-electron chi connectivity index (χ3n) is 3.44. The number of carbonyl (C=O) groups is 1. The number of nitrogens with zero attached hydrogens (tertiary/aromatic N) is 2. The highest BCUT2D eigenvalue weighted by atomic mass is 35.5. The molecule has 4 nitrogen and oxygen atoms in total. The first-order valence-electron chi connectivity index (χ1n) is 7.54. The Morgan fingerprint density at radius 1 is 1.20 bits per heavy atom. The van der Waals surface area contributed by atoms with Gasteiger partial charge in [-0.15, -0.1) is 0 Å². The number of amides is 1. The molecular formula is C18H15ClFN3OS. The topological polar surface area (TPSA) is 46.9 Å². The minimum absolute atomic E-state index is 0.177. The van der Waals surface area contributed by atoms with Crippen LogP contribution < -0.4 is 5.32 Å². The van der Waals surface area contributed by atoms with Crippen LogP contribution in [0.1, 0.15) is 5.56 Å². The number of hydrogen-bond donors (Lipinski definition) is 1. The molecule has 0 fully saturated rings. The lowest BCUT2D eigenvalue weighted by atomic mass is 10.2. The summed E-state index contributed by atoms with van der Waals surface area (Å²) in [6.07, 6.45) is 3.54. The van der Waals surface area contributed by atoms with Crippen molar-refractivity contribution >= 4 is 35.0 Å². The molecule has 0 aliphatic heterocycles. The molecule has 128 valence electrons. The third-order valence-corrected chi connectivity index (χ3v) is 4.81. The van der Waals surface area contributed by atoms with Crippen LogP contribution in [0.5, 0.6) is 0 Å². The monoisotopic (exact) mass is 375 g/mol. The van der Waals surface area contributed by atoms with E-state index >= 15 is 0 Å². The molecule has 3 rings (SSSR count). The largest absolute Gasteiger partial charge is 0.325 e. The van der Waals surface area contributed by atoms with Crippen LogP contribution in [0.3, 0.4) is 0 Å². The summed E-state index contributed by atoms with van der Waals surface area (Å²) in [5.41, 5.74) is 1.55. The summed E-state index contributed by atoms with van der Waals surface area (Å²) in [6.45, 7) is 0.585. The van der Waals surface area contributed by atoms with Crippen molar-refractivity contribution in [1.82, 2.24) is 9.55 Å². The number of thioether (sulfide) groups is 1. The fourth-order valence-corrected chi connectivity index (χ4v) is 3.18. The highest BCUT2D eigenvalue weighted by Crippen LogP contribution is 2.21. The molecular weight excluding hydrogens is 361 g/mol. The molecule has 1 heterocycles. The van der Waals surface area contributed by atoms with Crippen LogP contribution >= 0.6 is 23.4 Å². The van der Waals surface area contributed by atoms with E-state index in [4.69, 9.17) is 11.6 Å². The zero-order valence-corrected chi connectivity index (χ0v) is 14.7. The van der Waals surface area contributed by atoms with Crippen molar-refractivity contribution in [3.63, 3.8) is 0 Å². The van der Waals surface area contributed by atoms with Crippen LogP contribution in [0.2, 0.25) is 5.02 Å². The molecule has 1 N–H and O–H groups in total. The molecule has 0 atom stereocenters. The van der Waals surface area contributed by atoms with Crippen LogP contribution in [0.25, 0.3) is 0 Å². The number of halogens is 2. The fraction of sp³-hybridized carbons (Fsp3) is 0.111. The van der Waals surface area contributed by atoms with Gasteiger partial charge >= 0.3 is 0 Å². The van der Waals surface area contributed by atoms with Crippen molar-refractivity contribution in [2.75, 3.05) is 11.1 Å². The van der Waals surface area contributed by atoms with E-state index < -0.39 is 0 Å². The maximum absolute atomic E-state index is 12.9. The van der Waals surface area contributed by atoms with Crippen LogP contribution in [-0.4, -0.2) is 21.2 Å². The molecule has 0 aliphatic carbocycles. The Morgan fingerprint density at radius 3 is 2.72 bits per heavy atom. The second-order valence-corrected chi connectivity index (χ2v) is 6.62. The Bertz CT molecular complexity index is 867. The SMILES string of the molecule is O=C(CSc1nccn1Cc1ccccc1Cl)Nc1ccc(F)cc1. The Hall–Kier alpha value is -2.31. The van der Waals surface area contributed by atoms with E-state index in [1.807, 2.05) is 35.0 Å². The summed E-state index contributed by atoms with van der Waals surface area (Å²) >= 11 is 7.52. The minimum atomic E-state index is -0.339. The number of anilines is 1. The number of carbonyl (C=O) groups excluding carboxylic acids is 1. The van der Waals surface area contributed by atoms with Crippen molar-refractivity contribution < 1.29 is 9.18 Å². The van der Waals surface area contributed by atoms with Crippen molar-refractivity contribution in [3.8, 4) is 0 Å². The van der Waals surface area contributed by atoms with Crippen LogP contribution in [0.15, 0.2) is 66.1 Å². The molecule has 0 bridgehead atoms. The van der Waals surface area contributed by atoms with Gasteiger partial charge < -0.3 is 9.88 Å². The summed E-state index contributed by atoms with van der Waals surface area (Å²) in [4.78, 5) is 16.3. The van der Waals surface area contributed by atoms with Gasteiger partial charge in [0, 0.05) is 23.1 Å². The van der Waals surface area contributed by atoms with E-state index in [2.05, 4.69) is 10.3 Å². The maximum Gasteiger partial charge on any atom is 0.234 e. The summed E-state index contributed by atoms with van der Waals surface area (Å²) in [6, 6.07) is 13.3. The molecule has 1 aromatic heterocycles. The highest BCUT2D eigenvalue weighted by molar-refractivity contribution is 7.99. The van der Waals surface area contributed by atoms with Crippen LogP contribution in [-0.2, 0) is 11.3 Å². The molecule has 0 unspecified atom stereocenters. The number of aromatic nitrogens is 2. The van der Waals surface area contributed by atoms with E-state index in [0.717, 1.165) is 10.7 Å². The average Bonchev–Trinajstić information content (AvgIpc) is 3.04. The average molecular weight is 376 g/mol. The second-order valence-electron chi connectivity index (χ2n) is 5.27. The number of nitrogens with one attached hydrogen (secondary N) is 1. The molecule has 0 saturated carbocycles. The number of benzene rings is 2. The van der Waals surface area contributed by atoms with Gasteiger partial charge in [0.2, 0.25) is 5.91 Å². The van der Waals surface area contributed by atoms with Gasteiger partial charge in [0.1, 0.15) is 5.82 Å². The lowest BCUT2D eigenvalue weighted by Crippen LogP contribution is -2.14. The molecule has 25 heavy (non-hydrogen) atoms. The number of imidazole rings is 1. The lowest BCUT2D eigenvalue weighted by Gasteiger charge is -2.09. The first-order valence-corrected chi connectivity index (χ1v) is 8.91. The highest BCUT2D eigenvalue weighted by Gasteiger charge is 2.10. The van der Waals surface area contributed by atoms with Gasteiger partial charge in [-0.1, -0.05) is 41.6 Å². The van der Waals surface area contributed by atoms with E-state index in [9.17, 15) is 9.18 Å². The van der Waals surface area contributed by atoms with Crippen LogP contribution in [0.4, 0.5) is 10.1 Å². The molecule has 3 aromatic rings. The van der Waals surface area contributed by atoms with Crippen molar-refractivity contribution in [1.29, 1.82) is 0 Å². The quantitative estimate of drug-likeness (QED) is 0.647. The minimum Gasteiger partial charge on any atom is -0.325 e. The predicted octanol–water partition coefficient (Wildman–Crippen LogP) is 4.45. The van der Waals surface area contributed by atoms with E-state index in [1.165, 1.54) is 36.0 Å². The standard InChI is InChI=1S/C18H15ClFN3OS/c19-16-4-2-1-3-13(16)11-23-10-9-21-18(23)25-12-17(24)22-15-7-5-14(20)6-8-15/h1-10H,11-12H2,(H,22,24). The van der Waals surface area contributed by atoms with E-state index in [1.54, 1.807) is 6.20 Å². The molecule has 0 saturated heterocycles. The first kappa shape index (κ1) is 17.5. The Kier molecular flexibility index (Phi) is 5.73. The number of rotatable bonds is 6. The summed E-state index contributed by atoms with van der Waals surface area (Å²) in [5, 5.41) is 4.15. The fourth-order valence-electron chi connectivity index (χ4n) is 2.23. The first-order chi connectivity index (χ1) is 12.1. The van der Waals surface area contributed by atoms with Crippen molar-refractivity contribution in [2.24, 2.45) is 0 Å². The smallest absolute Gasteiger partial charge is 0.234 e. The van der Waals surface area contributed by atoms with Crippen molar-refractivity contribution in [2.45, 2.75) is 11.7 Å². The normalized spacial score (nSPS) is 10.6. The molecule has 1 amide bonds. The Morgan fingerprint density at radius 2 is 1.96 bits per heavy atom. The van der Waals surface area contributed by atoms with Crippen molar-refractivity contribution in [3.05, 3.63) is 77.3 Å². The van der Waals surface area contributed by atoms with E-state index in [0.29, 0.717) is 17.3 Å². The number of hydrogen-bond acceptors (Lipinski definition) is 3. The zero-order chi connectivity index (χ0) is 17.6. The zero-order valence-electron chi connectivity index (χ0n) is 13.2. The summed E-state index contributed by atoms with van der Waals surface area (Å²) in [5.74, 6) is -0.311.